The Morgan fingerprint density at radius 3 is 1.47 bits per heavy atom. The van der Waals surface area contributed by atoms with Gasteiger partial charge in [-0.15, -0.1) is 0 Å². The summed E-state index contributed by atoms with van der Waals surface area (Å²) in [6.07, 6.45) is 0. The molecule has 51 heavy (non-hydrogen) atoms. The van der Waals surface area contributed by atoms with E-state index < -0.39 is 0 Å². The molecule has 0 aliphatic heterocycles. The molecule has 0 amide bonds. The van der Waals surface area contributed by atoms with E-state index in [1.54, 1.807) is 0 Å². The van der Waals surface area contributed by atoms with E-state index in [4.69, 9.17) is 4.42 Å². The quantitative estimate of drug-likeness (QED) is 0.174. The number of hydrogen-bond acceptors (Lipinski definition) is 1. The van der Waals surface area contributed by atoms with E-state index in [0.29, 0.717) is 0 Å². The molecule has 10 aromatic carbocycles. The highest BCUT2D eigenvalue weighted by Crippen LogP contribution is 2.48. The van der Waals surface area contributed by atoms with Crippen molar-refractivity contribution in [2.24, 2.45) is 0 Å². The smallest absolute Gasteiger partial charge is 0.136 e. The van der Waals surface area contributed by atoms with Crippen LogP contribution in [-0.4, -0.2) is 0 Å². The van der Waals surface area contributed by atoms with Crippen LogP contribution in [0.25, 0.3) is 109 Å². The van der Waals surface area contributed by atoms with Crippen LogP contribution in [0.2, 0.25) is 0 Å². The summed E-state index contributed by atoms with van der Waals surface area (Å²) in [5.41, 5.74) is 9.24. The molecular weight excluding hydrogens is 617 g/mol. The van der Waals surface area contributed by atoms with Crippen LogP contribution in [0, 0.1) is 0 Å². The van der Waals surface area contributed by atoms with Gasteiger partial charge in [0.05, 0.1) is 0 Å². The fourth-order valence-electron chi connectivity index (χ4n) is 8.56. The number of benzene rings is 10. The van der Waals surface area contributed by atoms with Gasteiger partial charge in [-0.05, 0) is 118 Å². The van der Waals surface area contributed by atoms with E-state index >= 15 is 0 Å². The Morgan fingerprint density at radius 2 is 0.784 bits per heavy atom. The summed E-state index contributed by atoms with van der Waals surface area (Å²) in [4.78, 5) is 0. The molecule has 0 atom stereocenters. The monoisotopic (exact) mass is 646 g/mol. The van der Waals surface area contributed by atoms with E-state index in [1.807, 2.05) is 0 Å². The highest BCUT2D eigenvalue weighted by molar-refractivity contribution is 6.26. The second-order valence-electron chi connectivity index (χ2n) is 13.6. The molecule has 11 aromatic rings. The van der Waals surface area contributed by atoms with Crippen LogP contribution in [0.1, 0.15) is 0 Å². The van der Waals surface area contributed by atoms with Gasteiger partial charge in [0.1, 0.15) is 11.2 Å². The summed E-state index contributed by atoms with van der Waals surface area (Å²) in [5.74, 6) is 0. The van der Waals surface area contributed by atoms with Gasteiger partial charge in [-0.3, -0.25) is 0 Å². The highest BCUT2D eigenvalue weighted by atomic mass is 16.3. The first-order valence-electron chi connectivity index (χ1n) is 17.6. The minimum atomic E-state index is 0.909. The van der Waals surface area contributed by atoms with Crippen LogP contribution in [0.15, 0.2) is 186 Å². The average Bonchev–Trinajstić information content (AvgIpc) is 3.58. The van der Waals surface area contributed by atoms with Crippen LogP contribution in [0.4, 0.5) is 0 Å². The molecule has 0 aliphatic carbocycles. The van der Waals surface area contributed by atoms with E-state index in [-0.39, 0.29) is 0 Å². The zero-order valence-electron chi connectivity index (χ0n) is 27.7. The summed E-state index contributed by atoms with van der Waals surface area (Å²) in [6, 6.07) is 66.4. The summed E-state index contributed by atoms with van der Waals surface area (Å²) < 4.78 is 6.39. The van der Waals surface area contributed by atoms with Crippen molar-refractivity contribution in [3.63, 3.8) is 0 Å². The number of furan rings is 1. The molecule has 0 N–H and O–H groups in total. The second kappa shape index (κ2) is 10.9. The standard InChI is InChI=1S/C50H30O/c1-4-16-36-31(12-1)15-11-23-39(36)48-40-19-7-9-21-42(40)49(43-22-10-8-20-41(43)48)44-30-35(28-34-14-3-5-17-37(34)44)33-25-26-46-45(29-33)50-38-18-6-2-13-32(38)24-27-47(50)51-46/h1-30H. The van der Waals surface area contributed by atoms with Crippen LogP contribution in [-0.2, 0) is 0 Å². The zero-order valence-corrected chi connectivity index (χ0v) is 27.7. The zero-order chi connectivity index (χ0) is 33.5. The van der Waals surface area contributed by atoms with Crippen molar-refractivity contribution in [2.75, 3.05) is 0 Å². The van der Waals surface area contributed by atoms with Gasteiger partial charge in [-0.1, -0.05) is 152 Å². The molecule has 0 radical (unpaired) electrons. The van der Waals surface area contributed by atoms with E-state index in [1.165, 1.54) is 92.6 Å². The fraction of sp³-hybridized carbons (Fsp3) is 0. The summed E-state index contributed by atoms with van der Waals surface area (Å²) >= 11 is 0. The Labute approximate surface area is 294 Å². The van der Waals surface area contributed by atoms with Gasteiger partial charge in [-0.25, -0.2) is 0 Å². The molecule has 11 rings (SSSR count). The SMILES string of the molecule is c1ccc2c(-c3c4ccccc4c(-c4cc(-c5ccc6oc7ccc8ccccc8c7c6c5)cc5ccccc45)c4ccccc34)cccc2c1. The molecule has 1 aromatic heterocycles. The summed E-state index contributed by atoms with van der Waals surface area (Å²) in [5, 5.41) is 14.8. The molecule has 1 heterocycles. The Hall–Kier alpha value is -6.70. The Balaban J connectivity index is 1.22. The minimum absolute atomic E-state index is 0.909. The lowest BCUT2D eigenvalue weighted by Gasteiger charge is -2.20. The molecule has 1 heteroatoms. The number of hydrogen-bond donors (Lipinski definition) is 0. The fourth-order valence-corrected chi connectivity index (χ4v) is 8.56. The molecule has 0 spiro atoms. The third kappa shape index (κ3) is 4.22. The average molecular weight is 647 g/mol. The summed E-state index contributed by atoms with van der Waals surface area (Å²) in [6.45, 7) is 0. The molecule has 0 fully saturated rings. The molecule has 0 saturated heterocycles. The van der Waals surface area contributed by atoms with Crippen molar-refractivity contribution in [3.05, 3.63) is 182 Å². The first-order chi connectivity index (χ1) is 25.3. The van der Waals surface area contributed by atoms with Gasteiger partial charge >= 0.3 is 0 Å². The van der Waals surface area contributed by atoms with Gasteiger partial charge in [0, 0.05) is 10.8 Å². The highest BCUT2D eigenvalue weighted by Gasteiger charge is 2.20. The second-order valence-corrected chi connectivity index (χ2v) is 13.6. The van der Waals surface area contributed by atoms with E-state index in [0.717, 1.165) is 16.6 Å². The van der Waals surface area contributed by atoms with Crippen molar-refractivity contribution in [2.45, 2.75) is 0 Å². The van der Waals surface area contributed by atoms with E-state index in [2.05, 4.69) is 182 Å². The predicted molar refractivity (Wildman–Crippen MR) is 218 cm³/mol. The molecule has 236 valence electrons. The van der Waals surface area contributed by atoms with Crippen molar-refractivity contribution in [1.82, 2.24) is 0 Å². The lowest BCUT2D eigenvalue weighted by Crippen LogP contribution is -1.93. The maximum Gasteiger partial charge on any atom is 0.136 e. The maximum atomic E-state index is 6.39. The lowest BCUT2D eigenvalue weighted by molar-refractivity contribution is 0.669. The first-order valence-corrected chi connectivity index (χ1v) is 17.6. The van der Waals surface area contributed by atoms with Crippen molar-refractivity contribution in [3.8, 4) is 33.4 Å². The first kappa shape index (κ1) is 28.2. The molecule has 0 bridgehead atoms. The van der Waals surface area contributed by atoms with E-state index in [9.17, 15) is 0 Å². The lowest BCUT2D eigenvalue weighted by atomic mass is 9.83. The van der Waals surface area contributed by atoms with Gasteiger partial charge in [0.2, 0.25) is 0 Å². The molecule has 0 unspecified atom stereocenters. The predicted octanol–water partition coefficient (Wildman–Crippen LogP) is 14.4. The van der Waals surface area contributed by atoms with Gasteiger partial charge in [0.15, 0.2) is 0 Å². The van der Waals surface area contributed by atoms with Crippen LogP contribution in [0.3, 0.4) is 0 Å². The minimum Gasteiger partial charge on any atom is -0.456 e. The Kier molecular flexibility index (Phi) is 6.02. The van der Waals surface area contributed by atoms with Crippen LogP contribution >= 0.6 is 0 Å². The molecule has 0 saturated carbocycles. The molecule has 1 nitrogen and oxygen atoms in total. The normalized spacial score (nSPS) is 11.9. The number of rotatable bonds is 3. The topological polar surface area (TPSA) is 13.1 Å². The number of fused-ring (bicyclic) bond motifs is 9. The van der Waals surface area contributed by atoms with Gasteiger partial charge in [-0.2, -0.15) is 0 Å². The van der Waals surface area contributed by atoms with Crippen molar-refractivity contribution in [1.29, 1.82) is 0 Å². The van der Waals surface area contributed by atoms with Gasteiger partial charge < -0.3 is 4.42 Å². The van der Waals surface area contributed by atoms with Crippen LogP contribution in [0.5, 0.6) is 0 Å². The largest absolute Gasteiger partial charge is 0.456 e. The van der Waals surface area contributed by atoms with Gasteiger partial charge in [0.25, 0.3) is 0 Å². The summed E-state index contributed by atoms with van der Waals surface area (Å²) in [7, 11) is 0. The third-order valence-corrected chi connectivity index (χ3v) is 10.8. The molecule has 0 aliphatic rings. The van der Waals surface area contributed by atoms with Crippen LogP contribution < -0.4 is 0 Å². The Morgan fingerprint density at radius 1 is 0.275 bits per heavy atom. The Bertz CT molecular complexity index is 3130. The third-order valence-electron chi connectivity index (χ3n) is 10.8. The van der Waals surface area contributed by atoms with Crippen molar-refractivity contribution >= 4 is 75.8 Å². The molecular formula is C50H30O. The maximum absolute atomic E-state index is 6.39. The van der Waals surface area contributed by atoms with Crippen molar-refractivity contribution < 1.29 is 4.42 Å².